The number of hydrogen-bond donors (Lipinski definition) is 0. The molecule has 10 heteroatoms. The molecule has 0 aromatic carbocycles. The highest BCUT2D eigenvalue weighted by atomic mass is 16.5. The van der Waals surface area contributed by atoms with Crippen LogP contribution in [-0.4, -0.2) is 128 Å². The third-order valence-electron chi connectivity index (χ3n) is 7.82. The zero-order valence-corrected chi connectivity index (χ0v) is 33.7. The molecule has 0 spiro atoms. The van der Waals surface area contributed by atoms with E-state index < -0.39 is 0 Å². The zero-order valence-electron chi connectivity index (χ0n) is 33.7. The number of cyclic esters (lactones) is 2. The van der Waals surface area contributed by atoms with Crippen LogP contribution in [0.4, 0.5) is 0 Å². The van der Waals surface area contributed by atoms with Crippen LogP contribution in [0.2, 0.25) is 0 Å². The van der Waals surface area contributed by atoms with E-state index in [-0.39, 0.29) is 37.4 Å². The first-order valence-electron chi connectivity index (χ1n) is 19.6. The first-order valence-corrected chi connectivity index (χ1v) is 19.6. The van der Waals surface area contributed by atoms with Crippen molar-refractivity contribution in [1.82, 2.24) is 9.80 Å². The minimum absolute atomic E-state index is 0.00124. The Morgan fingerprint density at radius 3 is 1.17 bits per heavy atom. The fourth-order valence-corrected chi connectivity index (χ4v) is 4.71. The molecule has 0 aliphatic carbocycles. The number of esters is 2. The predicted octanol–water partition coefficient (Wildman–Crippen LogP) is 7.36. The lowest BCUT2D eigenvalue weighted by Crippen LogP contribution is -2.26. The second-order valence-electron chi connectivity index (χ2n) is 13.3. The fraction of sp³-hybridized carbons (Fsp3) is 0.591. The van der Waals surface area contributed by atoms with Crippen molar-refractivity contribution in [2.24, 2.45) is 0 Å². The minimum atomic E-state index is -0.201. The molecule has 0 aromatic heterocycles. The predicted molar refractivity (Wildman–Crippen MR) is 219 cm³/mol. The van der Waals surface area contributed by atoms with Crippen molar-refractivity contribution in [3.8, 4) is 0 Å². The highest BCUT2D eigenvalue weighted by Gasteiger charge is 2.10. The highest BCUT2D eigenvalue weighted by molar-refractivity contribution is 5.69. The van der Waals surface area contributed by atoms with Crippen LogP contribution in [0.25, 0.3) is 0 Å². The van der Waals surface area contributed by atoms with E-state index in [1.54, 1.807) is 0 Å². The van der Waals surface area contributed by atoms with Gasteiger partial charge in [-0.2, -0.15) is 0 Å². The number of carbonyl (C=O) groups is 2. The Kier molecular flexibility index (Phi) is 33.0. The van der Waals surface area contributed by atoms with E-state index in [0.717, 1.165) is 51.6 Å². The monoisotopic (exact) mass is 755 g/mol. The largest absolute Gasteiger partial charge is 0.461 e. The highest BCUT2D eigenvalue weighted by Crippen LogP contribution is 2.05. The van der Waals surface area contributed by atoms with Gasteiger partial charge in [-0.25, -0.2) is 0 Å². The maximum Gasteiger partial charge on any atom is 0.306 e. The lowest BCUT2D eigenvalue weighted by molar-refractivity contribution is -0.143. The number of nitrogens with zero attached hydrogens (tertiary/aromatic N) is 2. The first kappa shape index (κ1) is 48.6. The summed E-state index contributed by atoms with van der Waals surface area (Å²) in [5, 5.41) is 0. The van der Waals surface area contributed by atoms with Crippen molar-refractivity contribution in [2.75, 3.05) is 94.1 Å². The van der Waals surface area contributed by atoms with E-state index in [9.17, 15) is 9.59 Å². The lowest BCUT2D eigenvalue weighted by atomic mass is 10.2. The Morgan fingerprint density at radius 2 is 0.796 bits per heavy atom. The molecule has 0 radical (unpaired) electrons. The SMILES string of the molecule is CN(C)CCC1COC/C=C/C/C=C/CCC(=O)OC/C=C/C/C=C/COCC(CCN(C)C)OC/C=C/C/C=C/COC(=O)CC/C=C/C/C=C/CO1. The maximum absolute atomic E-state index is 12.1. The fourth-order valence-electron chi connectivity index (χ4n) is 4.71. The Bertz CT molecular complexity index is 1080. The van der Waals surface area contributed by atoms with Crippen LogP contribution in [0.1, 0.15) is 64.2 Å². The van der Waals surface area contributed by atoms with Crippen LogP contribution in [0.5, 0.6) is 0 Å². The molecule has 1 rings (SSSR count). The second kappa shape index (κ2) is 36.6. The van der Waals surface area contributed by atoms with Crippen LogP contribution in [0, 0.1) is 0 Å². The summed E-state index contributed by atoms with van der Waals surface area (Å²) in [6.07, 6.45) is 38.9. The van der Waals surface area contributed by atoms with Gasteiger partial charge in [-0.3, -0.25) is 9.59 Å². The van der Waals surface area contributed by atoms with Gasteiger partial charge in [0.05, 0.1) is 51.8 Å². The number of ether oxygens (including phenoxy) is 6. The lowest BCUT2D eigenvalue weighted by Gasteiger charge is -2.19. The summed E-state index contributed by atoms with van der Waals surface area (Å²) in [5.74, 6) is -0.401. The summed E-state index contributed by atoms with van der Waals surface area (Å²) in [5.41, 5.74) is 0. The summed E-state index contributed by atoms with van der Waals surface area (Å²) in [7, 11) is 8.20. The van der Waals surface area contributed by atoms with E-state index in [1.165, 1.54) is 0 Å². The minimum Gasteiger partial charge on any atom is -0.461 e. The van der Waals surface area contributed by atoms with E-state index in [1.807, 2.05) is 93.1 Å². The molecular weight excluding hydrogens is 684 g/mol. The molecule has 0 fully saturated rings. The molecule has 1 aliphatic rings. The average molecular weight is 755 g/mol. The van der Waals surface area contributed by atoms with E-state index in [2.05, 4.69) is 42.1 Å². The third kappa shape index (κ3) is 34.4. The quantitative estimate of drug-likeness (QED) is 0.202. The molecule has 0 saturated heterocycles. The van der Waals surface area contributed by atoms with Crippen molar-refractivity contribution in [2.45, 2.75) is 76.4 Å². The van der Waals surface area contributed by atoms with Gasteiger partial charge in [-0.1, -0.05) is 97.2 Å². The normalized spacial score (nSPS) is 26.5. The van der Waals surface area contributed by atoms with Crippen LogP contribution >= 0.6 is 0 Å². The molecule has 1 aliphatic heterocycles. The maximum atomic E-state index is 12.1. The smallest absolute Gasteiger partial charge is 0.306 e. The number of rotatable bonds is 6. The van der Waals surface area contributed by atoms with Crippen molar-refractivity contribution in [3.63, 3.8) is 0 Å². The van der Waals surface area contributed by atoms with E-state index in [0.29, 0.717) is 65.3 Å². The number of hydrogen-bond acceptors (Lipinski definition) is 10. The molecule has 0 aromatic rings. The Hall–Kier alpha value is -3.38. The number of carbonyl (C=O) groups excluding carboxylic acids is 2. The number of allylic oxidation sites excluding steroid dienone is 10. The molecule has 0 bridgehead atoms. The standard InChI is InChI=1S/C44H70N2O8/c1-45(2)31-29-41-39-49-33-21-13-7-5-11-19-27-43(47)53-37-25-17-9-14-22-34-50-40-42(30-32-46(3)4)52-36-24-16-10-18-26-38-54-44(48)28-20-12-6-8-15-23-35-51-41/h5-6,11-18,21-26,41-42H,7-10,19-20,27-40H2,1-4H3/b11-5+,12-6+,21-13+,22-14+,23-15+,24-16+,25-17+,26-18+. The summed E-state index contributed by atoms with van der Waals surface area (Å²) in [6, 6.07) is 0. The molecule has 2 atom stereocenters. The summed E-state index contributed by atoms with van der Waals surface area (Å²) in [6.45, 7) is 5.49. The van der Waals surface area contributed by atoms with Gasteiger partial charge < -0.3 is 38.2 Å². The van der Waals surface area contributed by atoms with Crippen molar-refractivity contribution < 1.29 is 38.0 Å². The molecule has 0 saturated carbocycles. The van der Waals surface area contributed by atoms with Crippen LogP contribution in [0.3, 0.4) is 0 Å². The first-order chi connectivity index (χ1) is 26.4. The van der Waals surface area contributed by atoms with Crippen molar-refractivity contribution in [1.29, 1.82) is 0 Å². The van der Waals surface area contributed by atoms with Gasteiger partial charge in [0, 0.05) is 25.9 Å². The van der Waals surface area contributed by atoms with E-state index in [4.69, 9.17) is 28.4 Å². The molecule has 0 N–H and O–H groups in total. The van der Waals surface area contributed by atoms with Gasteiger partial charge in [-0.15, -0.1) is 0 Å². The Labute approximate surface area is 326 Å². The van der Waals surface area contributed by atoms with Gasteiger partial charge in [0.2, 0.25) is 0 Å². The van der Waals surface area contributed by atoms with Gasteiger partial charge in [-0.05, 0) is 79.6 Å². The zero-order chi connectivity index (χ0) is 39.2. The van der Waals surface area contributed by atoms with Crippen LogP contribution < -0.4 is 0 Å². The van der Waals surface area contributed by atoms with Gasteiger partial charge >= 0.3 is 11.9 Å². The topological polar surface area (TPSA) is 96.0 Å². The van der Waals surface area contributed by atoms with Crippen molar-refractivity contribution >= 4 is 11.9 Å². The molecule has 2 unspecified atom stereocenters. The Morgan fingerprint density at radius 1 is 0.463 bits per heavy atom. The molecular formula is C44H70N2O8. The third-order valence-corrected chi connectivity index (χ3v) is 7.82. The molecule has 0 amide bonds. The molecule has 10 nitrogen and oxygen atoms in total. The molecule has 54 heavy (non-hydrogen) atoms. The van der Waals surface area contributed by atoms with Gasteiger partial charge in [0.15, 0.2) is 0 Å². The summed E-state index contributed by atoms with van der Waals surface area (Å²) in [4.78, 5) is 28.4. The van der Waals surface area contributed by atoms with Gasteiger partial charge in [0.25, 0.3) is 0 Å². The second-order valence-corrected chi connectivity index (χ2v) is 13.3. The van der Waals surface area contributed by atoms with E-state index >= 15 is 0 Å². The molecule has 1 heterocycles. The summed E-state index contributed by atoms with van der Waals surface area (Å²) >= 11 is 0. The summed E-state index contributed by atoms with van der Waals surface area (Å²) < 4.78 is 34.5. The average Bonchev–Trinajstić information content (AvgIpc) is 3.14. The van der Waals surface area contributed by atoms with Crippen LogP contribution in [0.15, 0.2) is 97.2 Å². The molecule has 304 valence electrons. The van der Waals surface area contributed by atoms with Gasteiger partial charge in [0.1, 0.15) is 13.2 Å². The Balaban J connectivity index is 2.61. The van der Waals surface area contributed by atoms with Crippen molar-refractivity contribution in [3.05, 3.63) is 97.2 Å². The van der Waals surface area contributed by atoms with Crippen LogP contribution in [-0.2, 0) is 38.0 Å².